The molecule has 172 valence electrons. The quantitative estimate of drug-likeness (QED) is 0.537. The second-order valence-electron chi connectivity index (χ2n) is 8.66. The number of ketones is 1. The Labute approximate surface area is 189 Å². The lowest BCUT2D eigenvalue weighted by atomic mass is 9.69. The molecule has 0 radical (unpaired) electrons. The number of benzene rings is 1. The number of carbonyl (C=O) groups excluding carboxylic acids is 3. The topological polar surface area (TPSA) is 84.9 Å². The normalized spacial score (nSPS) is 22.8. The molecule has 1 N–H and O–H groups in total. The predicted molar refractivity (Wildman–Crippen MR) is 122 cm³/mol. The lowest BCUT2D eigenvalue weighted by Crippen LogP contribution is -2.43. The Balaban J connectivity index is 2.15. The molecular weight excluding hydrogens is 408 g/mol. The van der Waals surface area contributed by atoms with Crippen LogP contribution in [-0.4, -0.2) is 45.5 Å². The molecule has 32 heavy (non-hydrogen) atoms. The lowest BCUT2D eigenvalue weighted by Gasteiger charge is -2.38. The second-order valence-corrected chi connectivity index (χ2v) is 8.66. The monoisotopic (exact) mass is 440 g/mol. The molecule has 7 nitrogen and oxygen atoms in total. The fourth-order valence-corrected chi connectivity index (χ4v) is 4.52. The first-order chi connectivity index (χ1) is 15.2. The van der Waals surface area contributed by atoms with Crippen molar-refractivity contribution in [2.45, 2.75) is 39.5 Å². The zero-order chi connectivity index (χ0) is 23.6. The van der Waals surface area contributed by atoms with Crippen LogP contribution in [-0.2, 0) is 23.9 Å². The van der Waals surface area contributed by atoms with E-state index in [1.54, 1.807) is 0 Å². The summed E-state index contributed by atoms with van der Waals surface area (Å²) in [6, 6.07) is 7.76. The van der Waals surface area contributed by atoms with Gasteiger partial charge < -0.3 is 19.7 Å². The largest absolute Gasteiger partial charge is 0.468 e. The van der Waals surface area contributed by atoms with Crippen molar-refractivity contribution in [1.82, 2.24) is 5.32 Å². The fourth-order valence-electron chi connectivity index (χ4n) is 4.52. The summed E-state index contributed by atoms with van der Waals surface area (Å²) in [4.78, 5) is 41.2. The third-order valence-corrected chi connectivity index (χ3v) is 6.14. The highest BCUT2D eigenvalue weighted by Crippen LogP contribution is 2.45. The van der Waals surface area contributed by atoms with Crippen molar-refractivity contribution in [1.29, 1.82) is 0 Å². The summed E-state index contributed by atoms with van der Waals surface area (Å²) in [5, 5.41) is 3.27. The summed E-state index contributed by atoms with van der Waals surface area (Å²) >= 11 is 0. The van der Waals surface area contributed by atoms with Crippen LogP contribution in [0.1, 0.15) is 45.1 Å². The maximum absolute atomic E-state index is 13.6. The van der Waals surface area contributed by atoms with Crippen molar-refractivity contribution in [3.05, 3.63) is 52.4 Å². The third kappa shape index (κ3) is 4.29. The Morgan fingerprint density at radius 3 is 2.41 bits per heavy atom. The van der Waals surface area contributed by atoms with Gasteiger partial charge in [-0.05, 0) is 43.4 Å². The number of hydrogen-bond acceptors (Lipinski definition) is 7. The van der Waals surface area contributed by atoms with Gasteiger partial charge in [0.2, 0.25) is 0 Å². The van der Waals surface area contributed by atoms with Gasteiger partial charge in [0.05, 0.1) is 19.3 Å². The average molecular weight is 441 g/mol. The van der Waals surface area contributed by atoms with E-state index in [-0.39, 0.29) is 11.7 Å². The molecule has 1 aromatic carbocycles. The first kappa shape index (κ1) is 23.6. The van der Waals surface area contributed by atoms with Crippen molar-refractivity contribution in [2.24, 2.45) is 11.8 Å². The molecule has 0 fully saturated rings. The van der Waals surface area contributed by atoms with Crippen LogP contribution in [0.4, 0.5) is 5.69 Å². The van der Waals surface area contributed by atoms with E-state index in [1.165, 1.54) is 7.11 Å². The van der Waals surface area contributed by atoms with Gasteiger partial charge in [-0.25, -0.2) is 4.79 Å². The van der Waals surface area contributed by atoms with Crippen molar-refractivity contribution in [3.8, 4) is 0 Å². The van der Waals surface area contributed by atoms with Crippen molar-refractivity contribution in [3.63, 3.8) is 0 Å². The second kappa shape index (κ2) is 9.59. The number of methoxy groups -OCH3 is 1. The molecule has 1 aliphatic heterocycles. The average Bonchev–Trinajstić information content (AvgIpc) is 2.76. The molecule has 7 heteroatoms. The fraction of sp³-hybridized carbons (Fsp3) is 0.480. The van der Waals surface area contributed by atoms with E-state index in [4.69, 9.17) is 9.47 Å². The number of nitrogens with zero attached hydrogens (tertiary/aromatic N) is 1. The molecule has 3 atom stereocenters. The van der Waals surface area contributed by atoms with Crippen molar-refractivity contribution >= 4 is 23.4 Å². The molecule has 0 amide bonds. The first-order valence-corrected chi connectivity index (χ1v) is 11.0. The third-order valence-electron chi connectivity index (χ3n) is 6.14. The molecule has 1 aromatic rings. The minimum absolute atomic E-state index is 0.209. The summed E-state index contributed by atoms with van der Waals surface area (Å²) in [6.07, 6.45) is 1.21. The minimum atomic E-state index is -0.893. The number of Topliss-reactive ketones (excluding diaryl/α,β-unsaturated/α-hetero) is 1. The molecule has 0 bridgehead atoms. The van der Waals surface area contributed by atoms with Crippen LogP contribution in [0.15, 0.2) is 46.8 Å². The predicted octanol–water partition coefficient (Wildman–Crippen LogP) is 3.32. The van der Waals surface area contributed by atoms with Gasteiger partial charge in [-0.2, -0.15) is 0 Å². The van der Waals surface area contributed by atoms with Crippen LogP contribution in [0.5, 0.6) is 0 Å². The van der Waals surface area contributed by atoms with E-state index in [2.05, 4.69) is 5.32 Å². The van der Waals surface area contributed by atoms with Gasteiger partial charge in [0.25, 0.3) is 0 Å². The van der Waals surface area contributed by atoms with E-state index in [0.717, 1.165) is 16.9 Å². The number of ether oxygens (including phenoxy) is 2. The molecule has 0 unspecified atom stereocenters. The van der Waals surface area contributed by atoms with Crippen LogP contribution in [0.25, 0.3) is 0 Å². The summed E-state index contributed by atoms with van der Waals surface area (Å²) in [6.45, 7) is 5.92. The molecule has 0 saturated heterocycles. The minimum Gasteiger partial charge on any atom is -0.468 e. The summed E-state index contributed by atoms with van der Waals surface area (Å²) in [5.74, 6) is -3.01. The number of rotatable bonds is 6. The molecule has 1 heterocycles. The molecule has 0 saturated carbocycles. The molecule has 2 aliphatic rings. The van der Waals surface area contributed by atoms with E-state index in [0.29, 0.717) is 36.3 Å². The number of carbonyl (C=O) groups is 3. The Hall–Kier alpha value is -3.09. The Bertz CT molecular complexity index is 975. The number of dihydropyridines is 1. The van der Waals surface area contributed by atoms with E-state index >= 15 is 0 Å². The Morgan fingerprint density at radius 1 is 1.19 bits per heavy atom. The van der Waals surface area contributed by atoms with Gasteiger partial charge in [-0.15, -0.1) is 0 Å². The standard InChI is InChI=1S/C25H32N2O5/c1-7-12-32-25(30)20-15(3)26-18-13-14(2)19(24(29)31-6)23(28)22(18)21(20)16-8-10-17(11-9-16)27(4)5/h8-11,14,19,21,26H,7,12-13H2,1-6H3/t14-,19+,21-/m1/s1. The number of allylic oxidation sites excluding steroid dienone is 3. The highest BCUT2D eigenvalue weighted by atomic mass is 16.5. The van der Waals surface area contributed by atoms with Crippen molar-refractivity contribution in [2.75, 3.05) is 32.7 Å². The molecular formula is C25H32N2O5. The van der Waals surface area contributed by atoms with Crippen LogP contribution >= 0.6 is 0 Å². The number of nitrogens with one attached hydrogen (secondary N) is 1. The number of hydrogen-bond donors (Lipinski definition) is 1. The van der Waals surface area contributed by atoms with Gasteiger partial charge >= 0.3 is 11.9 Å². The smallest absolute Gasteiger partial charge is 0.336 e. The number of esters is 2. The zero-order valence-electron chi connectivity index (χ0n) is 19.7. The molecule has 0 aromatic heterocycles. The highest BCUT2D eigenvalue weighted by molar-refractivity contribution is 6.12. The zero-order valence-corrected chi connectivity index (χ0v) is 19.7. The van der Waals surface area contributed by atoms with Gasteiger partial charge in [0.15, 0.2) is 5.78 Å². The van der Waals surface area contributed by atoms with Gasteiger partial charge in [-0.1, -0.05) is 26.0 Å². The van der Waals surface area contributed by atoms with Crippen LogP contribution in [0.2, 0.25) is 0 Å². The van der Waals surface area contributed by atoms with E-state index in [9.17, 15) is 14.4 Å². The van der Waals surface area contributed by atoms with Gasteiger partial charge in [-0.3, -0.25) is 9.59 Å². The van der Waals surface area contributed by atoms with Crippen LogP contribution in [0.3, 0.4) is 0 Å². The van der Waals surface area contributed by atoms with E-state index < -0.39 is 23.8 Å². The van der Waals surface area contributed by atoms with Crippen LogP contribution in [0, 0.1) is 11.8 Å². The summed E-state index contributed by atoms with van der Waals surface area (Å²) in [7, 11) is 5.19. The highest BCUT2D eigenvalue weighted by Gasteiger charge is 2.47. The summed E-state index contributed by atoms with van der Waals surface area (Å²) in [5.41, 5.74) is 4.09. The Kier molecular flexibility index (Phi) is 7.06. The maximum Gasteiger partial charge on any atom is 0.336 e. The van der Waals surface area contributed by atoms with E-state index in [1.807, 2.05) is 64.0 Å². The Morgan fingerprint density at radius 2 is 1.84 bits per heavy atom. The number of anilines is 1. The maximum atomic E-state index is 13.6. The van der Waals surface area contributed by atoms with Crippen molar-refractivity contribution < 1.29 is 23.9 Å². The lowest BCUT2D eigenvalue weighted by molar-refractivity contribution is -0.151. The summed E-state index contributed by atoms with van der Waals surface area (Å²) < 4.78 is 10.4. The van der Waals surface area contributed by atoms with Crippen LogP contribution < -0.4 is 10.2 Å². The SMILES string of the molecule is CCCOC(=O)C1=C(C)NC2=C(C(=O)[C@@H](C(=O)OC)[C@H](C)C2)[C@@H]1c1ccc(N(C)C)cc1. The first-order valence-electron chi connectivity index (χ1n) is 11.0. The van der Waals surface area contributed by atoms with Gasteiger partial charge in [0, 0.05) is 42.7 Å². The van der Waals surface area contributed by atoms with Gasteiger partial charge in [0.1, 0.15) is 5.92 Å². The molecule has 1 aliphatic carbocycles. The molecule has 3 rings (SSSR count). The molecule has 0 spiro atoms.